The smallest absolute Gasteiger partial charge is 0.254 e. The van der Waals surface area contributed by atoms with Gasteiger partial charge in [-0.2, -0.15) is 0 Å². The first kappa shape index (κ1) is 18.4. The molecule has 2 fully saturated rings. The van der Waals surface area contributed by atoms with E-state index < -0.39 is 6.04 Å². The second-order valence-electron chi connectivity index (χ2n) is 6.81. The van der Waals surface area contributed by atoms with E-state index in [4.69, 9.17) is 9.47 Å². The van der Waals surface area contributed by atoms with Crippen molar-refractivity contribution in [1.29, 1.82) is 0 Å². The first-order chi connectivity index (χ1) is 13.7. The van der Waals surface area contributed by atoms with Crippen molar-refractivity contribution in [1.82, 2.24) is 19.8 Å². The number of morpholine rings is 1. The molecule has 2 amide bonds. The lowest BCUT2D eigenvalue weighted by atomic mass is 10.1. The van der Waals surface area contributed by atoms with Crippen LogP contribution in [-0.4, -0.2) is 76.6 Å². The first-order valence-corrected chi connectivity index (χ1v) is 9.36. The van der Waals surface area contributed by atoms with Crippen LogP contribution in [0.15, 0.2) is 49.1 Å². The standard InChI is InChI=1S/C20H22N4O4/c25-19(15-3-6-21-7-4-15)24-14-17(28-16-2-1-5-22-13-16)12-18(24)20(26)23-8-10-27-11-9-23/h1-7,13,17-18H,8-12,14H2/t17-,18-/m0/s1. The van der Waals surface area contributed by atoms with Crippen LogP contribution in [0.5, 0.6) is 5.75 Å². The number of hydrogen-bond acceptors (Lipinski definition) is 6. The number of amides is 2. The van der Waals surface area contributed by atoms with Crippen LogP contribution in [0.4, 0.5) is 0 Å². The van der Waals surface area contributed by atoms with Gasteiger partial charge >= 0.3 is 0 Å². The van der Waals surface area contributed by atoms with Gasteiger partial charge in [0.2, 0.25) is 5.91 Å². The number of pyridine rings is 2. The Morgan fingerprint density at radius 1 is 1.07 bits per heavy atom. The Morgan fingerprint density at radius 2 is 1.86 bits per heavy atom. The molecule has 0 N–H and O–H groups in total. The Balaban J connectivity index is 1.54. The van der Waals surface area contributed by atoms with E-state index in [1.165, 1.54) is 0 Å². The van der Waals surface area contributed by atoms with Gasteiger partial charge in [-0.05, 0) is 24.3 Å². The molecule has 2 atom stereocenters. The second kappa shape index (κ2) is 8.35. The Kier molecular flexibility index (Phi) is 5.48. The number of hydrogen-bond donors (Lipinski definition) is 0. The molecule has 8 heteroatoms. The highest BCUT2D eigenvalue weighted by atomic mass is 16.5. The summed E-state index contributed by atoms with van der Waals surface area (Å²) in [5, 5.41) is 0. The van der Waals surface area contributed by atoms with E-state index in [9.17, 15) is 9.59 Å². The quantitative estimate of drug-likeness (QED) is 0.784. The molecule has 2 aliphatic rings. The van der Waals surface area contributed by atoms with Gasteiger partial charge in [0.05, 0.1) is 26.0 Å². The van der Waals surface area contributed by atoms with Gasteiger partial charge in [-0.25, -0.2) is 0 Å². The highest BCUT2D eigenvalue weighted by molar-refractivity contribution is 5.98. The maximum absolute atomic E-state index is 13.1. The summed E-state index contributed by atoms with van der Waals surface area (Å²) < 4.78 is 11.3. The van der Waals surface area contributed by atoms with E-state index in [2.05, 4.69) is 9.97 Å². The zero-order valence-electron chi connectivity index (χ0n) is 15.4. The van der Waals surface area contributed by atoms with Gasteiger partial charge in [0.25, 0.3) is 5.91 Å². The van der Waals surface area contributed by atoms with Gasteiger partial charge in [-0.3, -0.25) is 19.6 Å². The molecule has 0 bridgehead atoms. The molecule has 0 aliphatic carbocycles. The van der Waals surface area contributed by atoms with Gasteiger partial charge in [-0.1, -0.05) is 0 Å². The maximum atomic E-state index is 13.1. The van der Waals surface area contributed by atoms with Crippen molar-refractivity contribution in [3.05, 3.63) is 54.6 Å². The monoisotopic (exact) mass is 382 g/mol. The molecule has 0 spiro atoms. The minimum absolute atomic E-state index is 0.0528. The van der Waals surface area contributed by atoms with Gasteiger partial charge < -0.3 is 19.3 Å². The van der Waals surface area contributed by atoms with Gasteiger partial charge in [-0.15, -0.1) is 0 Å². The Bertz CT molecular complexity index is 811. The topological polar surface area (TPSA) is 84.9 Å². The fraction of sp³-hybridized carbons (Fsp3) is 0.400. The number of likely N-dealkylation sites (tertiary alicyclic amines) is 1. The number of rotatable bonds is 4. The Hall–Kier alpha value is -3.00. The fourth-order valence-corrected chi connectivity index (χ4v) is 3.61. The van der Waals surface area contributed by atoms with Crippen LogP contribution in [-0.2, 0) is 9.53 Å². The van der Waals surface area contributed by atoms with Crippen LogP contribution in [0.3, 0.4) is 0 Å². The van der Waals surface area contributed by atoms with Crippen molar-refractivity contribution < 1.29 is 19.1 Å². The molecular weight excluding hydrogens is 360 g/mol. The minimum atomic E-state index is -0.555. The third-order valence-electron chi connectivity index (χ3n) is 5.00. The van der Waals surface area contributed by atoms with Crippen LogP contribution in [0, 0.1) is 0 Å². The Labute approximate surface area is 163 Å². The summed E-state index contributed by atoms with van der Waals surface area (Å²) in [6.45, 7) is 2.47. The van der Waals surface area contributed by atoms with Crippen LogP contribution < -0.4 is 4.74 Å². The number of carbonyl (C=O) groups excluding carboxylic acids is 2. The molecule has 2 saturated heterocycles. The summed E-state index contributed by atoms with van der Waals surface area (Å²) >= 11 is 0. The number of carbonyl (C=O) groups is 2. The van der Waals surface area contributed by atoms with Crippen molar-refractivity contribution in [3.8, 4) is 5.75 Å². The molecule has 2 aromatic heterocycles. The highest BCUT2D eigenvalue weighted by Crippen LogP contribution is 2.26. The number of nitrogens with zero attached hydrogens (tertiary/aromatic N) is 4. The summed E-state index contributed by atoms with van der Waals surface area (Å²) in [7, 11) is 0. The Morgan fingerprint density at radius 3 is 2.57 bits per heavy atom. The van der Waals surface area contributed by atoms with Crippen molar-refractivity contribution in [2.24, 2.45) is 0 Å². The van der Waals surface area contributed by atoms with E-state index in [1.807, 2.05) is 6.07 Å². The molecule has 0 saturated carbocycles. The van der Waals surface area contributed by atoms with Crippen molar-refractivity contribution >= 4 is 11.8 Å². The zero-order chi connectivity index (χ0) is 19.3. The van der Waals surface area contributed by atoms with Gasteiger partial charge in [0, 0.05) is 43.7 Å². The summed E-state index contributed by atoms with van der Waals surface area (Å²) in [6.07, 6.45) is 6.63. The van der Waals surface area contributed by atoms with Crippen LogP contribution in [0.25, 0.3) is 0 Å². The molecule has 4 rings (SSSR count). The van der Waals surface area contributed by atoms with Crippen LogP contribution >= 0.6 is 0 Å². The summed E-state index contributed by atoms with van der Waals surface area (Å²) in [5.74, 6) is 0.387. The molecule has 2 aromatic rings. The summed E-state index contributed by atoms with van der Waals surface area (Å²) in [4.78, 5) is 37.6. The minimum Gasteiger partial charge on any atom is -0.487 e. The average molecular weight is 382 g/mol. The fourth-order valence-electron chi connectivity index (χ4n) is 3.61. The molecular formula is C20H22N4O4. The first-order valence-electron chi connectivity index (χ1n) is 9.36. The van der Waals surface area contributed by atoms with Crippen molar-refractivity contribution in [3.63, 3.8) is 0 Å². The zero-order valence-corrected chi connectivity index (χ0v) is 15.4. The van der Waals surface area contributed by atoms with Crippen molar-refractivity contribution in [2.45, 2.75) is 18.6 Å². The molecule has 28 heavy (non-hydrogen) atoms. The average Bonchev–Trinajstić information content (AvgIpc) is 3.18. The lowest BCUT2D eigenvalue weighted by molar-refractivity contribution is -0.139. The third-order valence-corrected chi connectivity index (χ3v) is 5.00. The lowest BCUT2D eigenvalue weighted by Gasteiger charge is -2.32. The predicted molar refractivity (Wildman–Crippen MR) is 99.7 cm³/mol. The molecule has 4 heterocycles. The SMILES string of the molecule is O=C([C@@H]1C[C@H](Oc2cccnc2)CN1C(=O)c1ccncc1)N1CCOCC1. The van der Waals surface area contributed by atoms with Gasteiger partial charge in [0.1, 0.15) is 17.9 Å². The summed E-state index contributed by atoms with van der Waals surface area (Å²) in [6, 6.07) is 6.38. The maximum Gasteiger partial charge on any atom is 0.254 e. The number of ether oxygens (including phenoxy) is 2. The third kappa shape index (κ3) is 3.96. The molecule has 0 aromatic carbocycles. The van der Waals surface area contributed by atoms with E-state index in [0.29, 0.717) is 50.6 Å². The van der Waals surface area contributed by atoms with E-state index >= 15 is 0 Å². The van der Waals surface area contributed by atoms with E-state index in [-0.39, 0.29) is 17.9 Å². The molecule has 0 radical (unpaired) electrons. The number of aromatic nitrogens is 2. The second-order valence-corrected chi connectivity index (χ2v) is 6.81. The molecule has 2 aliphatic heterocycles. The normalized spacial score (nSPS) is 22.1. The molecule has 8 nitrogen and oxygen atoms in total. The highest BCUT2D eigenvalue weighted by Gasteiger charge is 2.42. The molecule has 146 valence electrons. The van der Waals surface area contributed by atoms with E-state index in [1.54, 1.807) is 52.8 Å². The van der Waals surface area contributed by atoms with Crippen molar-refractivity contribution in [2.75, 3.05) is 32.8 Å². The summed E-state index contributed by atoms with van der Waals surface area (Å²) in [5.41, 5.74) is 0.511. The lowest BCUT2D eigenvalue weighted by Crippen LogP contribution is -2.51. The largest absolute Gasteiger partial charge is 0.487 e. The van der Waals surface area contributed by atoms with Crippen LogP contribution in [0.2, 0.25) is 0 Å². The van der Waals surface area contributed by atoms with E-state index in [0.717, 1.165) is 0 Å². The van der Waals surface area contributed by atoms with Gasteiger partial charge in [0.15, 0.2) is 0 Å². The van der Waals surface area contributed by atoms with Crippen LogP contribution in [0.1, 0.15) is 16.8 Å². The molecule has 0 unspecified atom stereocenters. The predicted octanol–water partition coefficient (Wildman–Crippen LogP) is 0.998.